The van der Waals surface area contributed by atoms with Crippen molar-refractivity contribution in [2.75, 3.05) is 0 Å². The van der Waals surface area contributed by atoms with Gasteiger partial charge >= 0.3 is 0 Å². The van der Waals surface area contributed by atoms with E-state index in [0.29, 0.717) is 11.6 Å². The fraction of sp³-hybridized carbons (Fsp3) is 0.214. The van der Waals surface area contributed by atoms with Crippen molar-refractivity contribution in [3.8, 4) is 10.6 Å². The van der Waals surface area contributed by atoms with E-state index in [0.717, 1.165) is 15.5 Å². The average molecular weight is 323 g/mol. The molecule has 3 nitrogen and oxygen atoms in total. The molecule has 0 aliphatic rings. The maximum Gasteiger partial charge on any atom is 0.207 e. The minimum Gasteiger partial charge on any atom is -0.439 e. The van der Waals surface area contributed by atoms with E-state index in [-0.39, 0.29) is 5.25 Å². The number of hydrogen-bond acceptors (Lipinski definition) is 5. The van der Waals surface area contributed by atoms with Gasteiger partial charge in [0.1, 0.15) is 5.75 Å². The maximum absolute atomic E-state index is 12.3. The standard InChI is InChI=1S/C14H13NO2S3/c1-10(12-4-2-6-18-12)20(16)9-14-15-8-11(17-14)13-5-3-7-19-13/h2-8,10H,9H2,1H3/t10-,20-/m0/s1. The lowest BCUT2D eigenvalue weighted by atomic mass is 10.4. The Kier molecular flexibility index (Phi) is 4.14. The van der Waals surface area contributed by atoms with Crippen molar-refractivity contribution < 1.29 is 8.63 Å². The molecular formula is C14H13NO2S3. The first-order valence-corrected chi connectivity index (χ1v) is 9.27. The zero-order valence-corrected chi connectivity index (χ0v) is 13.3. The second-order valence-corrected chi connectivity index (χ2v) is 7.96. The number of nitrogens with zero attached hydrogens (tertiary/aromatic N) is 1. The maximum atomic E-state index is 12.3. The molecule has 0 N–H and O–H groups in total. The Morgan fingerprint density at radius 2 is 2.10 bits per heavy atom. The zero-order valence-electron chi connectivity index (χ0n) is 10.8. The molecule has 0 aromatic carbocycles. The topological polar surface area (TPSA) is 43.1 Å². The normalized spacial score (nSPS) is 14.2. The largest absolute Gasteiger partial charge is 0.439 e. The molecule has 3 aromatic heterocycles. The van der Waals surface area contributed by atoms with E-state index in [1.54, 1.807) is 28.9 Å². The number of oxazole rings is 1. The minimum atomic E-state index is -1.02. The number of thiophene rings is 2. The van der Waals surface area contributed by atoms with Gasteiger partial charge in [-0.15, -0.1) is 22.7 Å². The van der Waals surface area contributed by atoms with Crippen LogP contribution in [0.2, 0.25) is 0 Å². The van der Waals surface area contributed by atoms with E-state index in [1.165, 1.54) is 0 Å². The average Bonchev–Trinajstić information content (AvgIpc) is 3.19. The second kappa shape index (κ2) is 6.03. The summed E-state index contributed by atoms with van der Waals surface area (Å²) < 4.78 is 18.0. The first kappa shape index (κ1) is 13.7. The molecular weight excluding hydrogens is 310 g/mol. The molecule has 0 bridgehead atoms. The number of rotatable bonds is 5. The van der Waals surface area contributed by atoms with Crippen molar-refractivity contribution in [1.29, 1.82) is 0 Å². The molecule has 3 aromatic rings. The van der Waals surface area contributed by atoms with Gasteiger partial charge in [-0.25, -0.2) is 4.98 Å². The highest BCUT2D eigenvalue weighted by Gasteiger charge is 2.17. The van der Waals surface area contributed by atoms with Gasteiger partial charge in [-0.3, -0.25) is 4.21 Å². The third kappa shape index (κ3) is 2.92. The summed E-state index contributed by atoms with van der Waals surface area (Å²) in [5.74, 6) is 1.63. The highest BCUT2D eigenvalue weighted by Crippen LogP contribution is 2.28. The molecule has 3 heterocycles. The Morgan fingerprint density at radius 1 is 1.30 bits per heavy atom. The molecule has 0 radical (unpaired) electrons. The summed E-state index contributed by atoms with van der Waals surface area (Å²) in [5.41, 5.74) is 0. The first-order chi connectivity index (χ1) is 9.74. The monoisotopic (exact) mass is 323 g/mol. The van der Waals surface area contributed by atoms with E-state index in [2.05, 4.69) is 4.98 Å². The van der Waals surface area contributed by atoms with Gasteiger partial charge in [0.25, 0.3) is 0 Å². The summed E-state index contributed by atoms with van der Waals surface area (Å²) in [5, 5.41) is 4.00. The lowest BCUT2D eigenvalue weighted by Crippen LogP contribution is -2.04. The van der Waals surface area contributed by atoms with Gasteiger partial charge in [0.2, 0.25) is 5.89 Å². The molecule has 104 valence electrons. The van der Waals surface area contributed by atoms with Crippen LogP contribution in [0.1, 0.15) is 22.9 Å². The summed E-state index contributed by atoms with van der Waals surface area (Å²) in [6, 6.07) is 7.95. The van der Waals surface area contributed by atoms with Crippen LogP contribution in [0.3, 0.4) is 0 Å². The molecule has 0 saturated heterocycles. The summed E-state index contributed by atoms with van der Waals surface area (Å²) in [6.45, 7) is 1.98. The van der Waals surface area contributed by atoms with Crippen molar-refractivity contribution in [2.24, 2.45) is 0 Å². The van der Waals surface area contributed by atoms with Crippen molar-refractivity contribution >= 4 is 33.5 Å². The predicted molar refractivity (Wildman–Crippen MR) is 84.4 cm³/mol. The Hall–Kier alpha value is -1.24. The molecule has 0 saturated carbocycles. The van der Waals surface area contributed by atoms with Crippen molar-refractivity contribution in [3.63, 3.8) is 0 Å². The highest BCUT2D eigenvalue weighted by atomic mass is 32.2. The molecule has 6 heteroatoms. The molecule has 0 aliphatic carbocycles. The van der Waals surface area contributed by atoms with E-state index in [1.807, 2.05) is 41.9 Å². The first-order valence-electron chi connectivity index (χ1n) is 6.13. The fourth-order valence-electron chi connectivity index (χ4n) is 1.81. The van der Waals surface area contributed by atoms with Gasteiger partial charge < -0.3 is 4.42 Å². The SMILES string of the molecule is C[C@@H](c1cccs1)[S@@](=O)Cc1ncc(-c2cccs2)o1. The van der Waals surface area contributed by atoms with Gasteiger partial charge in [-0.2, -0.15) is 0 Å². The molecule has 20 heavy (non-hydrogen) atoms. The predicted octanol–water partition coefficient (Wildman–Crippen LogP) is 4.47. The van der Waals surface area contributed by atoms with Gasteiger partial charge in [0.05, 0.1) is 16.3 Å². The summed E-state index contributed by atoms with van der Waals surface area (Å²) in [6.07, 6.45) is 1.70. The molecule has 2 atom stereocenters. The van der Waals surface area contributed by atoms with Crippen LogP contribution < -0.4 is 0 Å². The Bertz CT molecular complexity index is 686. The summed E-state index contributed by atoms with van der Waals surface area (Å²) in [4.78, 5) is 6.40. The third-order valence-corrected chi connectivity index (χ3v) is 6.58. The third-order valence-electron chi connectivity index (χ3n) is 2.92. The lowest BCUT2D eigenvalue weighted by molar-refractivity contribution is 0.527. The van der Waals surface area contributed by atoms with E-state index >= 15 is 0 Å². The molecule has 0 unspecified atom stereocenters. The smallest absolute Gasteiger partial charge is 0.207 e. The summed E-state index contributed by atoms with van der Waals surface area (Å²) >= 11 is 3.24. The van der Waals surface area contributed by atoms with Gasteiger partial charge in [-0.05, 0) is 29.8 Å². The van der Waals surface area contributed by atoms with E-state index < -0.39 is 10.8 Å². The molecule has 0 fully saturated rings. The minimum absolute atomic E-state index is 0.00656. The Balaban J connectivity index is 1.70. The van der Waals surface area contributed by atoms with Gasteiger partial charge in [0, 0.05) is 15.7 Å². The quantitative estimate of drug-likeness (QED) is 0.695. The fourth-order valence-corrected chi connectivity index (χ4v) is 4.60. The van der Waals surface area contributed by atoms with E-state index in [4.69, 9.17) is 4.42 Å². The van der Waals surface area contributed by atoms with Crippen LogP contribution in [0.4, 0.5) is 0 Å². The van der Waals surface area contributed by atoms with Crippen LogP contribution in [0.15, 0.2) is 45.6 Å². The van der Waals surface area contributed by atoms with Crippen molar-refractivity contribution in [1.82, 2.24) is 4.98 Å². The van der Waals surface area contributed by atoms with Crippen LogP contribution in [0.25, 0.3) is 10.6 Å². The number of hydrogen-bond donors (Lipinski definition) is 0. The second-order valence-electron chi connectivity index (χ2n) is 4.28. The van der Waals surface area contributed by atoms with Crippen LogP contribution in [0.5, 0.6) is 0 Å². The van der Waals surface area contributed by atoms with Gasteiger partial charge in [-0.1, -0.05) is 12.1 Å². The van der Waals surface area contributed by atoms with Crippen LogP contribution in [-0.2, 0) is 16.6 Å². The molecule has 0 spiro atoms. The lowest BCUT2D eigenvalue weighted by Gasteiger charge is -2.07. The molecule has 0 aliphatic heterocycles. The number of aromatic nitrogens is 1. The van der Waals surface area contributed by atoms with Crippen LogP contribution in [0, 0.1) is 0 Å². The zero-order chi connectivity index (χ0) is 13.9. The van der Waals surface area contributed by atoms with Crippen LogP contribution >= 0.6 is 22.7 Å². The van der Waals surface area contributed by atoms with Crippen LogP contribution in [-0.4, -0.2) is 9.19 Å². The summed E-state index contributed by atoms with van der Waals surface area (Å²) in [7, 11) is -1.02. The highest BCUT2D eigenvalue weighted by molar-refractivity contribution is 7.84. The molecule has 0 amide bonds. The van der Waals surface area contributed by atoms with E-state index in [9.17, 15) is 4.21 Å². The molecule has 3 rings (SSSR count). The van der Waals surface area contributed by atoms with Gasteiger partial charge in [0.15, 0.2) is 5.76 Å². The van der Waals surface area contributed by atoms with Crippen molar-refractivity contribution in [2.45, 2.75) is 17.9 Å². The van der Waals surface area contributed by atoms with Crippen molar-refractivity contribution in [3.05, 3.63) is 52.0 Å². The Morgan fingerprint density at radius 3 is 2.80 bits per heavy atom. The Labute approximate surface area is 127 Å².